The van der Waals surface area contributed by atoms with Crippen molar-refractivity contribution in [3.05, 3.63) is 28.8 Å². The average Bonchev–Trinajstić information content (AvgIpc) is 2.42. The lowest BCUT2D eigenvalue weighted by atomic mass is 10.1. The second-order valence-corrected chi connectivity index (χ2v) is 5.54. The molecule has 21 heavy (non-hydrogen) atoms. The molecule has 0 aromatic heterocycles. The van der Waals surface area contributed by atoms with Gasteiger partial charge in [0.15, 0.2) is 0 Å². The molecule has 7 heteroatoms. The Morgan fingerprint density at radius 2 is 2.29 bits per heavy atom. The van der Waals surface area contributed by atoms with E-state index in [0.717, 1.165) is 17.8 Å². The van der Waals surface area contributed by atoms with Crippen LogP contribution in [0.4, 0.5) is 5.69 Å². The van der Waals surface area contributed by atoms with E-state index in [1.165, 1.54) is 0 Å². The van der Waals surface area contributed by atoms with Gasteiger partial charge < -0.3 is 16.4 Å². The van der Waals surface area contributed by atoms with Gasteiger partial charge in [0.25, 0.3) is 0 Å². The summed E-state index contributed by atoms with van der Waals surface area (Å²) < 4.78 is 0. The molecule has 0 radical (unpaired) electrons. The molecule has 1 aliphatic rings. The Hall–Kier alpha value is -1.63. The Balaban J connectivity index is 1.98. The Morgan fingerprint density at radius 3 is 2.95 bits per heavy atom. The third-order valence-electron chi connectivity index (χ3n) is 3.49. The fraction of sp³-hybridized carbons (Fsp3) is 0.429. The molecule has 1 aliphatic heterocycles. The molecule has 1 unspecified atom stereocenters. The van der Waals surface area contributed by atoms with Gasteiger partial charge >= 0.3 is 0 Å². The van der Waals surface area contributed by atoms with E-state index >= 15 is 0 Å². The lowest BCUT2D eigenvalue weighted by Crippen LogP contribution is -2.58. The van der Waals surface area contributed by atoms with Crippen LogP contribution in [0.1, 0.15) is 5.56 Å². The number of primary amides is 1. The molecule has 2 amide bonds. The molecule has 6 nitrogen and oxygen atoms in total. The highest BCUT2D eigenvalue weighted by Crippen LogP contribution is 2.19. The van der Waals surface area contributed by atoms with Crippen LogP contribution in [0.25, 0.3) is 0 Å². The second-order valence-electron chi connectivity index (χ2n) is 5.10. The number of nitrogens with one attached hydrogen (secondary N) is 2. The Kier molecular flexibility index (Phi) is 5.17. The molecule has 0 aliphatic carbocycles. The number of anilines is 1. The summed E-state index contributed by atoms with van der Waals surface area (Å²) in [5.74, 6) is -0.591. The quantitative estimate of drug-likeness (QED) is 0.748. The number of amides is 2. The highest BCUT2D eigenvalue weighted by atomic mass is 35.5. The molecular formula is C14H19ClN4O2. The maximum atomic E-state index is 12.1. The largest absolute Gasteiger partial charge is 0.368 e. The lowest BCUT2D eigenvalue weighted by molar-refractivity contribution is -0.125. The summed E-state index contributed by atoms with van der Waals surface area (Å²) in [4.78, 5) is 25.3. The maximum Gasteiger partial charge on any atom is 0.238 e. The Morgan fingerprint density at radius 1 is 1.52 bits per heavy atom. The van der Waals surface area contributed by atoms with Gasteiger partial charge in [-0.2, -0.15) is 0 Å². The van der Waals surface area contributed by atoms with Gasteiger partial charge in [-0.15, -0.1) is 0 Å². The van der Waals surface area contributed by atoms with E-state index in [9.17, 15) is 9.59 Å². The fourth-order valence-electron chi connectivity index (χ4n) is 2.36. The Labute approximate surface area is 128 Å². The minimum Gasteiger partial charge on any atom is -0.368 e. The van der Waals surface area contributed by atoms with E-state index in [0.29, 0.717) is 18.1 Å². The predicted octanol–water partition coefficient (Wildman–Crippen LogP) is 0.346. The van der Waals surface area contributed by atoms with Gasteiger partial charge in [-0.05, 0) is 30.7 Å². The van der Waals surface area contributed by atoms with Crippen molar-refractivity contribution in [2.45, 2.75) is 13.0 Å². The molecule has 2 rings (SSSR count). The second kappa shape index (κ2) is 6.89. The first-order valence-corrected chi connectivity index (χ1v) is 7.15. The number of halogens is 1. The van der Waals surface area contributed by atoms with Crippen LogP contribution in [-0.2, 0) is 9.59 Å². The minimum absolute atomic E-state index is 0.136. The molecule has 114 valence electrons. The number of nitrogens with zero attached hydrogens (tertiary/aromatic N) is 1. The van der Waals surface area contributed by atoms with Gasteiger partial charge in [-0.1, -0.05) is 11.6 Å². The van der Waals surface area contributed by atoms with Crippen molar-refractivity contribution in [2.24, 2.45) is 5.73 Å². The summed E-state index contributed by atoms with van der Waals surface area (Å²) in [7, 11) is 0. The van der Waals surface area contributed by atoms with Crippen LogP contribution in [0.15, 0.2) is 18.2 Å². The molecule has 0 saturated carbocycles. The van der Waals surface area contributed by atoms with Crippen LogP contribution in [0.3, 0.4) is 0 Å². The number of hydrogen-bond donors (Lipinski definition) is 3. The SMILES string of the molecule is Cc1cc(Cl)ccc1NC(=O)CN1CCNCC1C(N)=O. The smallest absolute Gasteiger partial charge is 0.238 e. The van der Waals surface area contributed by atoms with Crippen LogP contribution in [-0.4, -0.2) is 48.9 Å². The van der Waals surface area contributed by atoms with E-state index in [-0.39, 0.29) is 12.5 Å². The molecule has 1 atom stereocenters. The van der Waals surface area contributed by atoms with Crippen LogP contribution in [0.5, 0.6) is 0 Å². The first-order valence-electron chi connectivity index (χ1n) is 6.77. The molecule has 1 aromatic carbocycles. The van der Waals surface area contributed by atoms with E-state index in [1.807, 2.05) is 6.92 Å². The van der Waals surface area contributed by atoms with Crippen molar-refractivity contribution >= 4 is 29.1 Å². The standard InChI is InChI=1S/C14H19ClN4O2/c1-9-6-10(15)2-3-11(9)18-13(20)8-19-5-4-17-7-12(19)14(16)21/h2-3,6,12,17H,4-5,7-8H2,1H3,(H2,16,21)(H,18,20). The molecule has 1 fully saturated rings. The molecule has 1 aromatic rings. The number of carbonyl (C=O) groups is 2. The van der Waals surface area contributed by atoms with Crippen LogP contribution in [0, 0.1) is 6.92 Å². The van der Waals surface area contributed by atoms with Crippen molar-refractivity contribution in [3.63, 3.8) is 0 Å². The minimum atomic E-state index is -0.448. The monoisotopic (exact) mass is 310 g/mol. The van der Waals surface area contributed by atoms with Crippen molar-refractivity contribution in [1.29, 1.82) is 0 Å². The van der Waals surface area contributed by atoms with Gasteiger partial charge in [0.05, 0.1) is 6.54 Å². The molecule has 0 spiro atoms. The van der Waals surface area contributed by atoms with E-state index in [1.54, 1.807) is 23.1 Å². The number of nitrogens with two attached hydrogens (primary N) is 1. The lowest BCUT2D eigenvalue weighted by Gasteiger charge is -2.33. The highest BCUT2D eigenvalue weighted by molar-refractivity contribution is 6.30. The van der Waals surface area contributed by atoms with Crippen molar-refractivity contribution in [2.75, 3.05) is 31.5 Å². The number of piperazine rings is 1. The Bertz CT molecular complexity index is 550. The number of carbonyl (C=O) groups excluding carboxylic acids is 2. The van der Waals surface area contributed by atoms with Crippen molar-refractivity contribution in [1.82, 2.24) is 10.2 Å². The molecule has 0 bridgehead atoms. The predicted molar refractivity (Wildman–Crippen MR) is 82.2 cm³/mol. The van der Waals surface area contributed by atoms with Crippen molar-refractivity contribution in [3.8, 4) is 0 Å². The summed E-state index contributed by atoms with van der Waals surface area (Å²) in [6.07, 6.45) is 0. The summed E-state index contributed by atoms with van der Waals surface area (Å²) >= 11 is 5.88. The van der Waals surface area contributed by atoms with Gasteiger partial charge in [-0.3, -0.25) is 14.5 Å². The van der Waals surface area contributed by atoms with Crippen LogP contribution in [0.2, 0.25) is 5.02 Å². The number of benzene rings is 1. The van der Waals surface area contributed by atoms with Crippen molar-refractivity contribution < 1.29 is 9.59 Å². The zero-order valence-corrected chi connectivity index (χ0v) is 12.6. The number of hydrogen-bond acceptors (Lipinski definition) is 4. The third kappa shape index (κ3) is 4.17. The van der Waals surface area contributed by atoms with E-state index < -0.39 is 11.9 Å². The maximum absolute atomic E-state index is 12.1. The first-order chi connectivity index (χ1) is 9.97. The summed E-state index contributed by atoms with van der Waals surface area (Å²) in [6.45, 7) is 3.83. The summed E-state index contributed by atoms with van der Waals surface area (Å²) in [5.41, 5.74) is 6.97. The molecular weight excluding hydrogens is 292 g/mol. The molecule has 1 saturated heterocycles. The van der Waals surface area contributed by atoms with E-state index in [4.69, 9.17) is 17.3 Å². The van der Waals surface area contributed by atoms with Gasteiger partial charge in [0.1, 0.15) is 6.04 Å². The summed E-state index contributed by atoms with van der Waals surface area (Å²) in [6, 6.07) is 4.82. The van der Waals surface area contributed by atoms with Gasteiger partial charge in [0, 0.05) is 30.3 Å². The van der Waals surface area contributed by atoms with Crippen LogP contribution >= 0.6 is 11.6 Å². The van der Waals surface area contributed by atoms with Gasteiger partial charge in [-0.25, -0.2) is 0 Å². The van der Waals surface area contributed by atoms with E-state index in [2.05, 4.69) is 10.6 Å². The molecule has 1 heterocycles. The van der Waals surface area contributed by atoms with Gasteiger partial charge in [0.2, 0.25) is 11.8 Å². The zero-order valence-electron chi connectivity index (χ0n) is 11.9. The fourth-order valence-corrected chi connectivity index (χ4v) is 2.58. The zero-order chi connectivity index (χ0) is 15.4. The number of aryl methyl sites for hydroxylation is 1. The normalized spacial score (nSPS) is 19.2. The average molecular weight is 311 g/mol. The topological polar surface area (TPSA) is 87.5 Å². The summed E-state index contributed by atoms with van der Waals surface area (Å²) in [5, 5.41) is 6.55. The number of rotatable bonds is 4. The highest BCUT2D eigenvalue weighted by Gasteiger charge is 2.28. The first kappa shape index (κ1) is 15.8. The van der Waals surface area contributed by atoms with Crippen LogP contribution < -0.4 is 16.4 Å². The molecule has 4 N–H and O–H groups in total. The third-order valence-corrected chi connectivity index (χ3v) is 3.73.